The maximum absolute atomic E-state index is 12.1. The molecule has 0 saturated heterocycles. The van der Waals surface area contributed by atoms with Crippen molar-refractivity contribution >= 4 is 21.6 Å². The summed E-state index contributed by atoms with van der Waals surface area (Å²) in [5.41, 5.74) is 0.466. The Hall–Kier alpha value is -1.48. The number of halogens is 1. The Morgan fingerprint density at radius 2 is 2.20 bits per heavy atom. The van der Waals surface area contributed by atoms with Crippen molar-refractivity contribution in [2.45, 2.75) is 17.9 Å². The first-order valence-electron chi connectivity index (χ1n) is 5.67. The zero-order valence-electron chi connectivity index (χ0n) is 10.3. The molecular formula is C11H12ClN3O4S. The van der Waals surface area contributed by atoms with E-state index < -0.39 is 10.0 Å². The van der Waals surface area contributed by atoms with Gasteiger partial charge in [0.05, 0.1) is 11.6 Å². The molecule has 0 atom stereocenters. The summed E-state index contributed by atoms with van der Waals surface area (Å²) in [4.78, 5) is 3.71. The Morgan fingerprint density at radius 1 is 1.40 bits per heavy atom. The summed E-state index contributed by atoms with van der Waals surface area (Å²) in [5.74, 6) is 0.405. The van der Waals surface area contributed by atoms with Gasteiger partial charge in [-0.3, -0.25) is 0 Å². The van der Waals surface area contributed by atoms with Crippen LogP contribution in [0.3, 0.4) is 0 Å². The highest BCUT2D eigenvalue weighted by Crippen LogP contribution is 2.22. The fraction of sp³-hybridized carbons (Fsp3) is 0.273. The van der Waals surface area contributed by atoms with Crippen LogP contribution in [0.1, 0.15) is 11.4 Å². The second-order valence-electron chi connectivity index (χ2n) is 3.92. The van der Waals surface area contributed by atoms with Crippen molar-refractivity contribution in [1.29, 1.82) is 0 Å². The minimum Gasteiger partial charge on any atom is -0.392 e. The van der Waals surface area contributed by atoms with Crippen molar-refractivity contribution in [3.63, 3.8) is 0 Å². The highest BCUT2D eigenvalue weighted by molar-refractivity contribution is 7.89. The van der Waals surface area contributed by atoms with E-state index in [1.807, 2.05) is 0 Å². The molecule has 0 bridgehead atoms. The molecule has 2 aromatic rings. The average Bonchev–Trinajstić information content (AvgIpc) is 2.92. The molecule has 2 rings (SSSR count). The molecule has 0 fully saturated rings. The molecule has 0 spiro atoms. The molecule has 1 heterocycles. The molecule has 0 radical (unpaired) electrons. The number of nitrogens with zero attached hydrogens (tertiary/aromatic N) is 2. The van der Waals surface area contributed by atoms with Crippen molar-refractivity contribution in [3.05, 3.63) is 41.0 Å². The lowest BCUT2D eigenvalue weighted by molar-refractivity contribution is 0.281. The highest BCUT2D eigenvalue weighted by Gasteiger charge is 2.18. The van der Waals surface area contributed by atoms with Crippen LogP contribution in [0.4, 0.5) is 0 Å². The summed E-state index contributed by atoms with van der Waals surface area (Å²) in [7, 11) is -3.76. The fourth-order valence-electron chi connectivity index (χ4n) is 1.53. The van der Waals surface area contributed by atoms with Gasteiger partial charge in [0.15, 0.2) is 5.82 Å². The lowest BCUT2D eigenvalue weighted by Crippen LogP contribution is -2.26. The van der Waals surface area contributed by atoms with E-state index >= 15 is 0 Å². The Labute approximate surface area is 120 Å². The van der Waals surface area contributed by atoms with E-state index in [4.69, 9.17) is 16.7 Å². The van der Waals surface area contributed by atoms with Crippen LogP contribution in [0, 0.1) is 0 Å². The molecule has 0 aliphatic rings. The summed E-state index contributed by atoms with van der Waals surface area (Å²) in [6, 6.07) is 4.32. The van der Waals surface area contributed by atoms with Crippen molar-refractivity contribution in [3.8, 4) is 0 Å². The first-order chi connectivity index (χ1) is 9.53. The summed E-state index contributed by atoms with van der Waals surface area (Å²) >= 11 is 5.88. The van der Waals surface area contributed by atoms with Gasteiger partial charge in [-0.05, 0) is 17.7 Å². The Bertz CT molecular complexity index is 673. The zero-order chi connectivity index (χ0) is 14.6. The third kappa shape index (κ3) is 3.54. The van der Waals surface area contributed by atoms with Gasteiger partial charge < -0.3 is 9.63 Å². The molecule has 1 aromatic heterocycles. The van der Waals surface area contributed by atoms with E-state index in [0.717, 1.165) is 0 Å². The third-order valence-electron chi connectivity index (χ3n) is 2.52. The predicted octanol–water partition coefficient (Wildman–Crippen LogP) is 0.736. The van der Waals surface area contributed by atoms with Crippen LogP contribution >= 0.6 is 11.6 Å². The van der Waals surface area contributed by atoms with Gasteiger partial charge >= 0.3 is 0 Å². The molecule has 1 aromatic carbocycles. The third-order valence-corrected chi connectivity index (χ3v) is 4.46. The van der Waals surface area contributed by atoms with Crippen molar-refractivity contribution in [1.82, 2.24) is 14.9 Å². The maximum Gasteiger partial charge on any atom is 0.242 e. The highest BCUT2D eigenvalue weighted by atomic mass is 35.5. The maximum atomic E-state index is 12.1. The van der Waals surface area contributed by atoms with Gasteiger partial charge in [0.2, 0.25) is 16.4 Å². The van der Waals surface area contributed by atoms with E-state index in [2.05, 4.69) is 19.4 Å². The van der Waals surface area contributed by atoms with Crippen molar-refractivity contribution in [2.24, 2.45) is 0 Å². The second kappa shape index (κ2) is 6.31. The fourth-order valence-corrected chi connectivity index (χ4v) is 3.11. The smallest absolute Gasteiger partial charge is 0.242 e. The van der Waals surface area contributed by atoms with Gasteiger partial charge in [-0.25, -0.2) is 13.1 Å². The van der Waals surface area contributed by atoms with Crippen LogP contribution in [0.15, 0.2) is 34.0 Å². The summed E-state index contributed by atoms with van der Waals surface area (Å²) in [6.45, 7) is -0.149. The summed E-state index contributed by atoms with van der Waals surface area (Å²) in [5, 5.41) is 12.7. The second-order valence-corrected chi connectivity index (χ2v) is 6.06. The molecule has 0 aliphatic carbocycles. The monoisotopic (exact) mass is 317 g/mol. The first-order valence-corrected chi connectivity index (χ1v) is 7.53. The molecule has 108 valence electrons. The van der Waals surface area contributed by atoms with Gasteiger partial charge in [-0.2, -0.15) is 4.98 Å². The summed E-state index contributed by atoms with van der Waals surface area (Å²) in [6.07, 6.45) is 1.47. The minimum atomic E-state index is -3.76. The molecule has 20 heavy (non-hydrogen) atoms. The number of sulfonamides is 1. The Morgan fingerprint density at radius 3 is 2.85 bits per heavy atom. The predicted molar refractivity (Wildman–Crippen MR) is 70.6 cm³/mol. The molecular weight excluding hydrogens is 306 g/mol. The van der Waals surface area contributed by atoms with Crippen LogP contribution < -0.4 is 4.72 Å². The number of hydrogen-bond donors (Lipinski definition) is 2. The summed E-state index contributed by atoms with van der Waals surface area (Å²) < 4.78 is 31.2. The van der Waals surface area contributed by atoms with E-state index in [1.165, 1.54) is 18.5 Å². The van der Waals surface area contributed by atoms with Gasteiger partial charge in [0.1, 0.15) is 4.90 Å². The van der Waals surface area contributed by atoms with Crippen molar-refractivity contribution < 1.29 is 18.0 Å². The average molecular weight is 318 g/mol. The topological polar surface area (TPSA) is 105 Å². The molecule has 0 aliphatic heterocycles. The van der Waals surface area contributed by atoms with Gasteiger partial charge in [0.25, 0.3) is 0 Å². The lowest BCUT2D eigenvalue weighted by atomic mass is 10.2. The SMILES string of the molecule is O=S(=O)(NCCc1ncon1)c1cc(CO)ccc1Cl. The number of aliphatic hydroxyl groups excluding tert-OH is 1. The zero-order valence-corrected chi connectivity index (χ0v) is 11.9. The first kappa shape index (κ1) is 14.9. The van der Waals surface area contributed by atoms with Gasteiger partial charge in [-0.15, -0.1) is 0 Å². The van der Waals surface area contributed by atoms with E-state index in [0.29, 0.717) is 17.8 Å². The molecule has 2 N–H and O–H groups in total. The van der Waals surface area contributed by atoms with E-state index in [1.54, 1.807) is 6.07 Å². The van der Waals surface area contributed by atoms with Crippen LogP contribution in [0.25, 0.3) is 0 Å². The number of aromatic nitrogens is 2. The van der Waals surface area contributed by atoms with E-state index in [-0.39, 0.29) is 23.1 Å². The molecule has 0 saturated carbocycles. The van der Waals surface area contributed by atoms with Gasteiger partial charge in [-0.1, -0.05) is 22.8 Å². The number of hydrogen-bond acceptors (Lipinski definition) is 6. The minimum absolute atomic E-state index is 0.0705. The lowest BCUT2D eigenvalue weighted by Gasteiger charge is -2.08. The number of aliphatic hydroxyl groups is 1. The largest absolute Gasteiger partial charge is 0.392 e. The quantitative estimate of drug-likeness (QED) is 0.814. The normalized spacial score (nSPS) is 11.7. The standard InChI is InChI=1S/C11H12ClN3O4S/c12-9-2-1-8(6-16)5-10(9)20(17,18)14-4-3-11-13-7-19-15-11/h1-2,5,7,14,16H,3-4,6H2. The number of benzene rings is 1. The Balaban J connectivity index is 2.09. The number of nitrogens with one attached hydrogen (secondary N) is 1. The van der Waals surface area contributed by atoms with Crippen molar-refractivity contribution in [2.75, 3.05) is 6.54 Å². The molecule has 0 amide bonds. The van der Waals surface area contributed by atoms with Gasteiger partial charge in [0, 0.05) is 13.0 Å². The number of rotatable bonds is 6. The van der Waals surface area contributed by atoms with Crippen LogP contribution in [0.5, 0.6) is 0 Å². The Kier molecular flexibility index (Phi) is 4.71. The van der Waals surface area contributed by atoms with E-state index in [9.17, 15) is 8.42 Å². The van der Waals surface area contributed by atoms with Crippen LogP contribution in [-0.2, 0) is 23.1 Å². The molecule has 9 heteroatoms. The van der Waals surface area contributed by atoms with Crippen LogP contribution in [-0.4, -0.2) is 30.2 Å². The van der Waals surface area contributed by atoms with Crippen LogP contribution in [0.2, 0.25) is 5.02 Å². The molecule has 0 unspecified atom stereocenters. The molecule has 7 nitrogen and oxygen atoms in total.